The van der Waals surface area contributed by atoms with Crippen LogP contribution in [-0.4, -0.2) is 62.6 Å². The zero-order valence-electron chi connectivity index (χ0n) is 18.9. The minimum Gasteiger partial charge on any atom is -0.465 e. The van der Waals surface area contributed by atoms with Crippen molar-refractivity contribution in [2.45, 2.75) is 24.3 Å². The average Bonchev–Trinajstić information content (AvgIpc) is 3.46. The van der Waals surface area contributed by atoms with E-state index in [9.17, 15) is 17.6 Å². The second kappa shape index (κ2) is 9.03. The topological polar surface area (TPSA) is 130 Å². The van der Waals surface area contributed by atoms with Crippen LogP contribution in [0.4, 0.5) is 15.0 Å². The summed E-state index contributed by atoms with van der Waals surface area (Å²) < 4.78 is 42.5. The van der Waals surface area contributed by atoms with Gasteiger partial charge in [0.25, 0.3) is 10.0 Å². The number of likely N-dealkylation sites (tertiary alicyclic amines) is 1. The van der Waals surface area contributed by atoms with Crippen LogP contribution >= 0.6 is 11.6 Å². The summed E-state index contributed by atoms with van der Waals surface area (Å²) in [5.41, 5.74) is 1.31. The zero-order valence-corrected chi connectivity index (χ0v) is 20.5. The lowest BCUT2D eigenvalue weighted by atomic mass is 10.2. The number of nitrogens with one attached hydrogen (secondary N) is 1. The fourth-order valence-corrected chi connectivity index (χ4v) is 5.56. The summed E-state index contributed by atoms with van der Waals surface area (Å²) in [7, 11) is -4.03. The molecule has 10 nitrogen and oxygen atoms in total. The number of hydrogen-bond acceptors (Lipinski definition) is 7. The highest BCUT2D eigenvalue weighted by atomic mass is 35.5. The number of rotatable bonds is 5. The maximum atomic E-state index is 14.6. The second-order valence-electron chi connectivity index (χ2n) is 8.43. The highest BCUT2D eigenvalue weighted by Gasteiger charge is 2.28. The van der Waals surface area contributed by atoms with Crippen LogP contribution in [0.5, 0.6) is 0 Å². The molecule has 1 saturated heterocycles. The van der Waals surface area contributed by atoms with Crippen molar-refractivity contribution in [2.24, 2.45) is 0 Å². The summed E-state index contributed by atoms with van der Waals surface area (Å²) in [6.45, 7) is 2.36. The normalized spacial score (nSPS) is 16.0. The molecule has 0 spiro atoms. The van der Waals surface area contributed by atoms with Gasteiger partial charge in [-0.3, -0.25) is 0 Å². The van der Waals surface area contributed by atoms with E-state index in [1.807, 2.05) is 6.92 Å². The van der Waals surface area contributed by atoms with Gasteiger partial charge in [-0.05, 0) is 31.5 Å². The van der Waals surface area contributed by atoms with Crippen LogP contribution in [0.3, 0.4) is 0 Å². The number of hydrogen-bond donors (Lipinski definition) is 2. The SMILES string of the molecule is Cc1ccc(S(=O)(=O)n2cc(-c3ncc(F)c(N[C@H]4CCN(C(=O)O)C4)n3)c3cc(Cl)cnc32)cc1. The van der Waals surface area contributed by atoms with Gasteiger partial charge in [-0.15, -0.1) is 0 Å². The van der Waals surface area contributed by atoms with Gasteiger partial charge in [-0.2, -0.15) is 0 Å². The number of aryl methyl sites for hydroxylation is 1. The van der Waals surface area contributed by atoms with Crippen molar-refractivity contribution in [3.63, 3.8) is 0 Å². The number of aromatic nitrogens is 4. The molecule has 1 fully saturated rings. The zero-order chi connectivity index (χ0) is 25.6. The molecule has 1 aliphatic rings. The molecule has 2 N–H and O–H groups in total. The molecule has 4 heterocycles. The number of nitrogens with zero attached hydrogens (tertiary/aromatic N) is 5. The Bertz CT molecular complexity index is 1590. The molecule has 36 heavy (non-hydrogen) atoms. The summed E-state index contributed by atoms with van der Waals surface area (Å²) >= 11 is 6.16. The van der Waals surface area contributed by atoms with Crippen molar-refractivity contribution in [3.05, 3.63) is 65.3 Å². The third-order valence-corrected chi connectivity index (χ3v) is 7.81. The van der Waals surface area contributed by atoms with Crippen LogP contribution in [-0.2, 0) is 10.0 Å². The molecule has 13 heteroatoms. The van der Waals surface area contributed by atoms with Gasteiger partial charge >= 0.3 is 6.09 Å². The van der Waals surface area contributed by atoms with E-state index in [0.29, 0.717) is 18.4 Å². The maximum Gasteiger partial charge on any atom is 0.407 e. The van der Waals surface area contributed by atoms with E-state index < -0.39 is 21.9 Å². The summed E-state index contributed by atoms with van der Waals surface area (Å²) in [6.07, 6.45) is 3.09. The maximum absolute atomic E-state index is 14.6. The Morgan fingerprint density at radius 2 is 1.97 bits per heavy atom. The number of pyridine rings is 1. The first-order valence-corrected chi connectivity index (χ1v) is 12.7. The summed E-state index contributed by atoms with van der Waals surface area (Å²) in [6, 6.07) is 7.60. The molecular formula is C23H20ClFN6O4S. The fraction of sp³-hybridized carbons (Fsp3) is 0.217. The molecule has 5 rings (SSSR count). The first kappa shape index (κ1) is 23.9. The molecule has 1 aliphatic heterocycles. The molecule has 0 unspecified atom stereocenters. The Morgan fingerprint density at radius 3 is 2.67 bits per heavy atom. The van der Waals surface area contributed by atoms with Gasteiger partial charge in [0, 0.05) is 42.5 Å². The molecule has 0 bridgehead atoms. The van der Waals surface area contributed by atoms with Gasteiger partial charge in [0.15, 0.2) is 23.1 Å². The highest BCUT2D eigenvalue weighted by molar-refractivity contribution is 7.90. The van der Waals surface area contributed by atoms with Crippen LogP contribution < -0.4 is 5.32 Å². The van der Waals surface area contributed by atoms with Gasteiger partial charge in [-0.25, -0.2) is 36.5 Å². The molecule has 186 valence electrons. The number of fused-ring (bicyclic) bond motifs is 1. The fourth-order valence-electron chi connectivity index (χ4n) is 4.08. The third-order valence-electron chi connectivity index (χ3n) is 5.94. The number of amides is 1. The summed E-state index contributed by atoms with van der Waals surface area (Å²) in [5, 5.41) is 12.7. The number of anilines is 1. The van der Waals surface area contributed by atoms with Crippen LogP contribution in [0.25, 0.3) is 22.4 Å². The molecule has 4 aromatic rings. The number of halogens is 2. The minimum absolute atomic E-state index is 0.0545. The van der Waals surface area contributed by atoms with Crippen molar-refractivity contribution < 1.29 is 22.7 Å². The van der Waals surface area contributed by atoms with Crippen LogP contribution in [0.1, 0.15) is 12.0 Å². The largest absolute Gasteiger partial charge is 0.465 e. The smallest absolute Gasteiger partial charge is 0.407 e. The Kier molecular flexibility index (Phi) is 6.00. The molecule has 3 aromatic heterocycles. The number of carbonyl (C=O) groups is 1. The number of carboxylic acid groups (broad SMARTS) is 1. The first-order valence-electron chi connectivity index (χ1n) is 10.9. The predicted molar refractivity (Wildman–Crippen MR) is 131 cm³/mol. The molecule has 0 saturated carbocycles. The lowest BCUT2D eigenvalue weighted by Gasteiger charge is -2.15. The predicted octanol–water partition coefficient (Wildman–Crippen LogP) is 4.00. The van der Waals surface area contributed by atoms with E-state index in [0.717, 1.165) is 15.7 Å². The van der Waals surface area contributed by atoms with E-state index in [-0.39, 0.29) is 45.4 Å². The van der Waals surface area contributed by atoms with E-state index >= 15 is 0 Å². The van der Waals surface area contributed by atoms with Crippen molar-refractivity contribution in [2.75, 3.05) is 18.4 Å². The van der Waals surface area contributed by atoms with Gasteiger partial charge < -0.3 is 15.3 Å². The Hall–Kier alpha value is -3.77. The van der Waals surface area contributed by atoms with Gasteiger partial charge in [0.05, 0.1) is 16.1 Å². The molecule has 1 atom stereocenters. The summed E-state index contributed by atoms with van der Waals surface area (Å²) in [4.78, 5) is 25.1. The standard InChI is InChI=1S/C23H20ClFN6O4S/c1-13-2-4-16(5-3-13)36(34,35)31-12-18(17-8-14(24)9-27-22(17)31)20-26-10-19(25)21(29-20)28-15-6-7-30(11-15)23(32)33/h2-5,8-10,12,15H,6-7,11H2,1H3,(H,32,33)(H,26,28,29)/t15-/m0/s1. The Morgan fingerprint density at radius 1 is 1.22 bits per heavy atom. The molecule has 1 aromatic carbocycles. The molecule has 0 radical (unpaired) electrons. The van der Waals surface area contributed by atoms with Crippen molar-refractivity contribution in [3.8, 4) is 11.4 Å². The molecule has 0 aliphatic carbocycles. The minimum atomic E-state index is -4.03. The van der Waals surface area contributed by atoms with E-state index in [1.165, 1.54) is 29.4 Å². The summed E-state index contributed by atoms with van der Waals surface area (Å²) in [5.74, 6) is -0.784. The van der Waals surface area contributed by atoms with Crippen LogP contribution in [0.15, 0.2) is 53.8 Å². The lowest BCUT2D eigenvalue weighted by Crippen LogP contribution is -2.30. The number of benzene rings is 1. The van der Waals surface area contributed by atoms with Gasteiger partial charge in [0.2, 0.25) is 0 Å². The molecular weight excluding hydrogens is 511 g/mol. The van der Waals surface area contributed by atoms with Crippen LogP contribution in [0, 0.1) is 12.7 Å². The van der Waals surface area contributed by atoms with E-state index in [1.54, 1.807) is 18.2 Å². The Labute approximate surface area is 210 Å². The van der Waals surface area contributed by atoms with Crippen molar-refractivity contribution in [1.82, 2.24) is 23.8 Å². The first-order chi connectivity index (χ1) is 17.1. The van der Waals surface area contributed by atoms with Gasteiger partial charge in [-0.1, -0.05) is 29.3 Å². The lowest BCUT2D eigenvalue weighted by molar-refractivity contribution is 0.155. The Balaban J connectivity index is 1.58. The third kappa shape index (κ3) is 4.33. The average molecular weight is 531 g/mol. The van der Waals surface area contributed by atoms with E-state index in [4.69, 9.17) is 16.7 Å². The molecule has 1 amide bonds. The monoisotopic (exact) mass is 530 g/mol. The van der Waals surface area contributed by atoms with Gasteiger partial charge in [0.1, 0.15) is 0 Å². The van der Waals surface area contributed by atoms with Crippen LogP contribution in [0.2, 0.25) is 5.02 Å². The highest BCUT2D eigenvalue weighted by Crippen LogP contribution is 2.33. The van der Waals surface area contributed by atoms with Crippen molar-refractivity contribution >= 4 is 44.6 Å². The quantitative estimate of drug-likeness (QED) is 0.396. The second-order valence-corrected chi connectivity index (χ2v) is 10.7. The van der Waals surface area contributed by atoms with Crippen molar-refractivity contribution in [1.29, 1.82) is 0 Å². The van der Waals surface area contributed by atoms with E-state index in [2.05, 4.69) is 20.3 Å².